The number of aliphatic hydroxyl groups is 1. The second-order valence-electron chi connectivity index (χ2n) is 5.06. The number of carbonyl (C=O) groups is 2. The number of carbonyl (C=O) groups excluding carboxylic acids is 2. The predicted molar refractivity (Wildman–Crippen MR) is 77.2 cm³/mol. The Morgan fingerprint density at radius 3 is 2.78 bits per heavy atom. The van der Waals surface area contributed by atoms with Crippen molar-refractivity contribution in [1.82, 2.24) is 10.3 Å². The summed E-state index contributed by atoms with van der Waals surface area (Å²) >= 11 is 0. The van der Waals surface area contributed by atoms with Gasteiger partial charge in [-0.1, -0.05) is 12.1 Å². The first-order valence-electron chi connectivity index (χ1n) is 6.93. The number of ketones is 1. The molecule has 0 saturated heterocycles. The summed E-state index contributed by atoms with van der Waals surface area (Å²) in [6.45, 7) is -0.473. The van der Waals surface area contributed by atoms with Crippen LogP contribution in [0.15, 0.2) is 46.0 Å². The molecule has 118 valence electrons. The molecule has 0 saturated carbocycles. The molecule has 0 atom stereocenters. The summed E-state index contributed by atoms with van der Waals surface area (Å²) < 4.78 is 18.3. The number of hydrogen-bond acceptors (Lipinski definition) is 5. The number of hydrogen-bond donors (Lipinski definition) is 2. The first-order valence-corrected chi connectivity index (χ1v) is 6.93. The number of aromatic nitrogens is 1. The molecule has 3 rings (SSSR count). The van der Waals surface area contributed by atoms with Gasteiger partial charge in [0.15, 0.2) is 0 Å². The van der Waals surface area contributed by atoms with E-state index in [-0.39, 0.29) is 29.4 Å². The highest BCUT2D eigenvalue weighted by Crippen LogP contribution is 2.18. The fourth-order valence-corrected chi connectivity index (χ4v) is 2.33. The van der Waals surface area contributed by atoms with Gasteiger partial charge in [-0.25, -0.2) is 9.37 Å². The fourth-order valence-electron chi connectivity index (χ4n) is 2.33. The van der Waals surface area contributed by atoms with Gasteiger partial charge in [-0.3, -0.25) is 9.59 Å². The van der Waals surface area contributed by atoms with Crippen LogP contribution in [0.3, 0.4) is 0 Å². The topological polar surface area (TPSA) is 92.4 Å². The minimum absolute atomic E-state index is 0.0354. The third kappa shape index (κ3) is 3.04. The average molecular weight is 316 g/mol. The number of halogens is 1. The van der Waals surface area contributed by atoms with Crippen LogP contribution < -0.4 is 5.32 Å². The lowest BCUT2D eigenvalue weighted by Gasteiger charge is -1.99. The molecule has 23 heavy (non-hydrogen) atoms. The van der Waals surface area contributed by atoms with Crippen LogP contribution in [0.1, 0.15) is 22.0 Å². The summed E-state index contributed by atoms with van der Waals surface area (Å²) in [5, 5.41) is 11.6. The SMILES string of the molecule is O=C1NCC(C(=O)c2ncc(Cc3ccc(F)cc3)o2)=C1CO. The van der Waals surface area contributed by atoms with E-state index in [0.717, 1.165) is 5.56 Å². The van der Waals surface area contributed by atoms with Crippen LogP contribution in [0.25, 0.3) is 0 Å². The van der Waals surface area contributed by atoms with Crippen LogP contribution in [0.4, 0.5) is 4.39 Å². The van der Waals surface area contributed by atoms with Gasteiger partial charge in [0.25, 0.3) is 5.89 Å². The van der Waals surface area contributed by atoms with Crippen molar-refractivity contribution >= 4 is 11.7 Å². The summed E-state index contributed by atoms with van der Waals surface area (Å²) in [6.07, 6.45) is 1.78. The summed E-state index contributed by atoms with van der Waals surface area (Å²) in [6, 6.07) is 5.91. The van der Waals surface area contributed by atoms with E-state index in [2.05, 4.69) is 10.3 Å². The van der Waals surface area contributed by atoms with Gasteiger partial charge >= 0.3 is 0 Å². The zero-order chi connectivity index (χ0) is 16.4. The third-order valence-corrected chi connectivity index (χ3v) is 3.54. The van der Waals surface area contributed by atoms with E-state index >= 15 is 0 Å². The van der Waals surface area contributed by atoms with Crippen LogP contribution >= 0.6 is 0 Å². The molecular formula is C16H13FN2O4. The standard InChI is InChI=1S/C16H13FN2O4/c17-10-3-1-9(2-4-10)5-11-6-19-16(23-11)14(21)12-7-18-15(22)13(12)8-20/h1-4,6,20H,5,7-8H2,(H,18,22). The molecule has 0 radical (unpaired) electrons. The lowest BCUT2D eigenvalue weighted by molar-refractivity contribution is -0.117. The van der Waals surface area contributed by atoms with E-state index in [4.69, 9.17) is 4.42 Å². The van der Waals surface area contributed by atoms with Gasteiger partial charge in [0.2, 0.25) is 11.7 Å². The summed E-state index contributed by atoms with van der Waals surface area (Å²) in [4.78, 5) is 27.7. The Balaban J connectivity index is 1.79. The van der Waals surface area contributed by atoms with Gasteiger partial charge in [-0.15, -0.1) is 0 Å². The molecule has 0 fully saturated rings. The molecule has 1 aliphatic heterocycles. The van der Waals surface area contributed by atoms with E-state index in [9.17, 15) is 19.1 Å². The maximum atomic E-state index is 12.9. The van der Waals surface area contributed by atoms with Gasteiger partial charge in [0.1, 0.15) is 11.6 Å². The maximum absolute atomic E-state index is 12.9. The number of benzene rings is 1. The normalized spacial score (nSPS) is 14.3. The third-order valence-electron chi connectivity index (χ3n) is 3.54. The van der Waals surface area contributed by atoms with E-state index in [1.165, 1.54) is 18.3 Å². The van der Waals surface area contributed by atoms with E-state index in [1.807, 2.05) is 0 Å². The monoisotopic (exact) mass is 316 g/mol. The van der Waals surface area contributed by atoms with Gasteiger partial charge in [0.05, 0.1) is 18.4 Å². The molecule has 1 aliphatic rings. The summed E-state index contributed by atoms with van der Waals surface area (Å²) in [7, 11) is 0. The molecule has 7 heteroatoms. The lowest BCUT2D eigenvalue weighted by atomic mass is 10.1. The maximum Gasteiger partial charge on any atom is 0.268 e. The molecule has 1 aromatic heterocycles. The average Bonchev–Trinajstić information content (AvgIpc) is 3.15. The minimum atomic E-state index is -0.530. The smallest absolute Gasteiger partial charge is 0.268 e. The van der Waals surface area contributed by atoms with Gasteiger partial charge in [-0.2, -0.15) is 0 Å². The molecule has 1 aromatic carbocycles. The van der Waals surface area contributed by atoms with E-state index < -0.39 is 18.3 Å². The molecule has 2 aromatic rings. The molecule has 1 amide bonds. The second-order valence-corrected chi connectivity index (χ2v) is 5.06. The zero-order valence-electron chi connectivity index (χ0n) is 12.0. The highest BCUT2D eigenvalue weighted by atomic mass is 19.1. The van der Waals surface area contributed by atoms with Crippen molar-refractivity contribution in [3.05, 3.63) is 64.6 Å². The molecule has 0 aliphatic carbocycles. The van der Waals surface area contributed by atoms with Crippen LogP contribution in [0.5, 0.6) is 0 Å². The second kappa shape index (κ2) is 6.13. The van der Waals surface area contributed by atoms with E-state index in [0.29, 0.717) is 12.2 Å². The molecule has 0 bridgehead atoms. The number of nitrogens with one attached hydrogen (secondary N) is 1. The largest absolute Gasteiger partial charge is 0.438 e. The van der Waals surface area contributed by atoms with Crippen LogP contribution in [-0.4, -0.2) is 34.9 Å². The number of oxazole rings is 1. The highest BCUT2D eigenvalue weighted by molar-refractivity contribution is 6.14. The van der Waals surface area contributed by atoms with Crippen molar-refractivity contribution in [2.75, 3.05) is 13.2 Å². The summed E-state index contributed by atoms with van der Waals surface area (Å²) in [5.41, 5.74) is 1.01. The number of Topliss-reactive ketones (excluding diaryl/α,β-unsaturated/α-hetero) is 1. The number of amides is 1. The van der Waals surface area contributed by atoms with Crippen molar-refractivity contribution in [1.29, 1.82) is 0 Å². The molecular weight excluding hydrogens is 303 g/mol. The van der Waals surface area contributed by atoms with Crippen molar-refractivity contribution in [2.45, 2.75) is 6.42 Å². The lowest BCUT2D eigenvalue weighted by Crippen LogP contribution is -2.18. The van der Waals surface area contributed by atoms with Gasteiger partial charge in [-0.05, 0) is 17.7 Å². The zero-order valence-corrected chi connectivity index (χ0v) is 12.0. The van der Waals surface area contributed by atoms with Crippen molar-refractivity contribution < 1.29 is 23.5 Å². The Morgan fingerprint density at radius 2 is 2.09 bits per heavy atom. The van der Waals surface area contributed by atoms with Crippen molar-refractivity contribution in [2.24, 2.45) is 0 Å². The van der Waals surface area contributed by atoms with Gasteiger partial charge in [0, 0.05) is 18.5 Å². The van der Waals surface area contributed by atoms with Gasteiger partial charge < -0.3 is 14.8 Å². The number of aliphatic hydroxyl groups excluding tert-OH is 1. The number of nitrogens with zero attached hydrogens (tertiary/aromatic N) is 1. The number of rotatable bonds is 5. The molecule has 6 nitrogen and oxygen atoms in total. The highest BCUT2D eigenvalue weighted by Gasteiger charge is 2.29. The Kier molecular flexibility index (Phi) is 4.03. The fraction of sp³-hybridized carbons (Fsp3) is 0.188. The quantitative estimate of drug-likeness (QED) is 0.803. The van der Waals surface area contributed by atoms with Crippen molar-refractivity contribution in [3.63, 3.8) is 0 Å². The predicted octanol–water partition coefficient (Wildman–Crippen LogP) is 1.01. The van der Waals surface area contributed by atoms with Crippen LogP contribution in [0, 0.1) is 5.82 Å². The first-order chi connectivity index (χ1) is 11.1. The Morgan fingerprint density at radius 1 is 1.35 bits per heavy atom. The minimum Gasteiger partial charge on any atom is -0.438 e. The molecule has 0 unspecified atom stereocenters. The molecule has 2 N–H and O–H groups in total. The Labute approximate surface area is 130 Å². The van der Waals surface area contributed by atoms with Crippen LogP contribution in [-0.2, 0) is 11.2 Å². The van der Waals surface area contributed by atoms with Crippen LogP contribution in [0.2, 0.25) is 0 Å². The van der Waals surface area contributed by atoms with Crippen molar-refractivity contribution in [3.8, 4) is 0 Å². The first kappa shape index (κ1) is 15.1. The Bertz CT molecular complexity index is 793. The van der Waals surface area contributed by atoms with E-state index in [1.54, 1.807) is 12.1 Å². The summed E-state index contributed by atoms with van der Waals surface area (Å²) in [5.74, 6) is -1.02. The molecule has 2 heterocycles. The Hall–Kier alpha value is -2.80. The molecule has 0 spiro atoms.